The monoisotopic (exact) mass is 282 g/mol. The van der Waals surface area contributed by atoms with Gasteiger partial charge in [-0.3, -0.25) is 0 Å². The van der Waals surface area contributed by atoms with Gasteiger partial charge < -0.3 is 19.7 Å². The van der Waals surface area contributed by atoms with E-state index in [1.807, 2.05) is 20.8 Å². The summed E-state index contributed by atoms with van der Waals surface area (Å²) in [4.78, 5) is 0. The minimum Gasteiger partial charge on any atom is -0.496 e. The normalized spacial score (nSPS) is 14.0. The predicted octanol–water partition coefficient (Wildman–Crippen LogP) is 2.30. The fourth-order valence-corrected chi connectivity index (χ4v) is 2.51. The summed E-state index contributed by atoms with van der Waals surface area (Å²) in [6.45, 7) is 7.39. The van der Waals surface area contributed by atoms with Crippen LogP contribution in [-0.2, 0) is 6.42 Å². The number of methoxy groups -OCH3 is 2. The molecule has 1 rings (SSSR count). The first-order valence-electron chi connectivity index (χ1n) is 6.83. The standard InChI is InChI=1S/C16H26O4/c1-10-11(2)15(20-6)13(12(3)14(10)19-5)7-8-16(4,18)9-17/h17-18H,7-9H2,1-6H3. The van der Waals surface area contributed by atoms with Crippen LogP contribution in [0.25, 0.3) is 0 Å². The van der Waals surface area contributed by atoms with Crippen LogP contribution in [0.4, 0.5) is 0 Å². The fraction of sp³-hybridized carbons (Fsp3) is 0.625. The molecule has 20 heavy (non-hydrogen) atoms. The molecule has 0 fully saturated rings. The number of aliphatic hydroxyl groups excluding tert-OH is 1. The first-order chi connectivity index (χ1) is 9.29. The number of rotatable bonds is 6. The number of hydrogen-bond acceptors (Lipinski definition) is 4. The van der Waals surface area contributed by atoms with Crippen LogP contribution in [0.3, 0.4) is 0 Å². The van der Waals surface area contributed by atoms with E-state index in [1.165, 1.54) is 0 Å². The van der Waals surface area contributed by atoms with E-state index in [9.17, 15) is 5.11 Å². The Morgan fingerprint density at radius 2 is 1.45 bits per heavy atom. The maximum atomic E-state index is 9.97. The molecule has 1 aromatic carbocycles. The van der Waals surface area contributed by atoms with Crippen molar-refractivity contribution in [3.8, 4) is 11.5 Å². The van der Waals surface area contributed by atoms with Crippen molar-refractivity contribution in [3.05, 3.63) is 22.3 Å². The van der Waals surface area contributed by atoms with Gasteiger partial charge in [0.1, 0.15) is 11.5 Å². The maximum Gasteiger partial charge on any atom is 0.125 e. The first-order valence-corrected chi connectivity index (χ1v) is 6.83. The molecule has 4 nitrogen and oxygen atoms in total. The summed E-state index contributed by atoms with van der Waals surface area (Å²) in [5.41, 5.74) is 3.10. The second kappa shape index (κ2) is 6.46. The molecule has 0 aliphatic carbocycles. The molecule has 0 bridgehead atoms. The minimum absolute atomic E-state index is 0.254. The highest BCUT2D eigenvalue weighted by Crippen LogP contribution is 2.38. The summed E-state index contributed by atoms with van der Waals surface area (Å²) in [6, 6.07) is 0. The van der Waals surface area contributed by atoms with Crippen molar-refractivity contribution >= 4 is 0 Å². The zero-order valence-electron chi connectivity index (χ0n) is 13.3. The summed E-state index contributed by atoms with van der Waals surface area (Å²) in [5.74, 6) is 1.71. The molecule has 0 amide bonds. The van der Waals surface area contributed by atoms with Crippen LogP contribution < -0.4 is 9.47 Å². The van der Waals surface area contributed by atoms with E-state index in [0.717, 1.165) is 33.8 Å². The molecular weight excluding hydrogens is 256 g/mol. The van der Waals surface area contributed by atoms with Crippen molar-refractivity contribution in [1.29, 1.82) is 0 Å². The molecule has 2 N–H and O–H groups in total. The van der Waals surface area contributed by atoms with Gasteiger partial charge in [-0.1, -0.05) is 0 Å². The van der Waals surface area contributed by atoms with Crippen molar-refractivity contribution in [2.24, 2.45) is 0 Å². The molecule has 0 aliphatic rings. The molecule has 0 heterocycles. The molecule has 114 valence electrons. The van der Waals surface area contributed by atoms with E-state index in [-0.39, 0.29) is 6.61 Å². The smallest absolute Gasteiger partial charge is 0.125 e. The van der Waals surface area contributed by atoms with Gasteiger partial charge in [-0.25, -0.2) is 0 Å². The average Bonchev–Trinajstić information content (AvgIpc) is 2.42. The lowest BCUT2D eigenvalue weighted by Crippen LogP contribution is -2.29. The molecular formula is C16H26O4. The van der Waals surface area contributed by atoms with Crippen molar-refractivity contribution in [2.75, 3.05) is 20.8 Å². The zero-order valence-corrected chi connectivity index (χ0v) is 13.3. The number of hydrogen-bond donors (Lipinski definition) is 2. The lowest BCUT2D eigenvalue weighted by atomic mass is 9.91. The van der Waals surface area contributed by atoms with Crippen LogP contribution in [0.5, 0.6) is 11.5 Å². The number of ether oxygens (including phenoxy) is 2. The molecule has 0 spiro atoms. The van der Waals surface area contributed by atoms with Gasteiger partial charge in [0.05, 0.1) is 26.4 Å². The molecule has 0 aromatic heterocycles. The molecule has 1 atom stereocenters. The quantitative estimate of drug-likeness (QED) is 0.840. The highest BCUT2D eigenvalue weighted by Gasteiger charge is 2.23. The Bertz CT molecular complexity index is 478. The van der Waals surface area contributed by atoms with Crippen LogP contribution in [0.2, 0.25) is 0 Å². The Morgan fingerprint density at radius 1 is 0.950 bits per heavy atom. The largest absolute Gasteiger partial charge is 0.496 e. The predicted molar refractivity (Wildman–Crippen MR) is 79.8 cm³/mol. The van der Waals surface area contributed by atoms with Crippen LogP contribution in [0, 0.1) is 20.8 Å². The fourth-order valence-electron chi connectivity index (χ4n) is 2.51. The van der Waals surface area contributed by atoms with Gasteiger partial charge in [-0.2, -0.15) is 0 Å². The Labute approximate surface area is 121 Å². The first kappa shape index (κ1) is 16.8. The number of aliphatic hydroxyl groups is 2. The molecule has 0 aliphatic heterocycles. The van der Waals surface area contributed by atoms with Gasteiger partial charge in [0.2, 0.25) is 0 Å². The highest BCUT2D eigenvalue weighted by molar-refractivity contribution is 5.58. The van der Waals surface area contributed by atoms with Crippen LogP contribution >= 0.6 is 0 Å². The van der Waals surface area contributed by atoms with Crippen molar-refractivity contribution in [2.45, 2.75) is 46.1 Å². The number of benzene rings is 1. The van der Waals surface area contributed by atoms with Crippen LogP contribution in [0.1, 0.15) is 35.6 Å². The molecule has 0 saturated carbocycles. The summed E-state index contributed by atoms with van der Waals surface area (Å²) >= 11 is 0. The van der Waals surface area contributed by atoms with E-state index < -0.39 is 5.60 Å². The van der Waals surface area contributed by atoms with Crippen LogP contribution in [-0.4, -0.2) is 36.6 Å². The van der Waals surface area contributed by atoms with E-state index in [2.05, 4.69) is 0 Å². The van der Waals surface area contributed by atoms with E-state index in [1.54, 1.807) is 21.1 Å². The second-order valence-corrected chi connectivity index (χ2v) is 5.58. The van der Waals surface area contributed by atoms with Gasteiger partial charge in [0.25, 0.3) is 0 Å². The molecule has 0 radical (unpaired) electrons. The van der Waals surface area contributed by atoms with Gasteiger partial charge in [-0.15, -0.1) is 0 Å². The molecule has 1 unspecified atom stereocenters. The minimum atomic E-state index is -1.08. The Kier molecular flexibility index (Phi) is 5.42. The summed E-state index contributed by atoms with van der Waals surface area (Å²) < 4.78 is 11.0. The summed E-state index contributed by atoms with van der Waals surface area (Å²) in [6.07, 6.45) is 1.09. The second-order valence-electron chi connectivity index (χ2n) is 5.58. The average molecular weight is 282 g/mol. The molecule has 1 aromatic rings. The third-order valence-corrected chi connectivity index (χ3v) is 3.97. The van der Waals surface area contributed by atoms with Crippen molar-refractivity contribution in [1.82, 2.24) is 0 Å². The van der Waals surface area contributed by atoms with Crippen molar-refractivity contribution < 1.29 is 19.7 Å². The zero-order chi connectivity index (χ0) is 15.5. The van der Waals surface area contributed by atoms with E-state index in [0.29, 0.717) is 12.8 Å². The van der Waals surface area contributed by atoms with E-state index in [4.69, 9.17) is 14.6 Å². The van der Waals surface area contributed by atoms with Gasteiger partial charge >= 0.3 is 0 Å². The molecule has 0 saturated heterocycles. The Balaban J connectivity index is 3.27. The Morgan fingerprint density at radius 3 is 1.90 bits per heavy atom. The summed E-state index contributed by atoms with van der Waals surface area (Å²) in [5, 5.41) is 19.1. The third-order valence-electron chi connectivity index (χ3n) is 3.97. The third kappa shape index (κ3) is 3.25. The lowest BCUT2D eigenvalue weighted by molar-refractivity contribution is -0.00485. The van der Waals surface area contributed by atoms with Crippen molar-refractivity contribution in [3.63, 3.8) is 0 Å². The SMILES string of the molecule is COc1c(C)c(C)c(OC)c(CCC(C)(O)CO)c1C. The van der Waals surface area contributed by atoms with Crippen LogP contribution in [0.15, 0.2) is 0 Å². The van der Waals surface area contributed by atoms with Gasteiger partial charge in [0, 0.05) is 5.56 Å². The summed E-state index contributed by atoms with van der Waals surface area (Å²) in [7, 11) is 3.32. The highest BCUT2D eigenvalue weighted by atomic mass is 16.5. The topological polar surface area (TPSA) is 58.9 Å². The maximum absolute atomic E-state index is 9.97. The van der Waals surface area contributed by atoms with Gasteiger partial charge in [-0.05, 0) is 57.2 Å². The van der Waals surface area contributed by atoms with E-state index >= 15 is 0 Å². The van der Waals surface area contributed by atoms with Gasteiger partial charge in [0.15, 0.2) is 0 Å². The molecule has 4 heteroatoms. The Hall–Kier alpha value is -1.26. The lowest BCUT2D eigenvalue weighted by Gasteiger charge is -2.24.